The normalized spacial score (nSPS) is 16.4. The number of hydrogen-bond acceptors (Lipinski definition) is 6. The minimum absolute atomic E-state index is 0.209. The van der Waals surface area contributed by atoms with E-state index in [4.69, 9.17) is 9.72 Å². The number of nitrogens with zero attached hydrogens (tertiary/aromatic N) is 3. The Kier molecular flexibility index (Phi) is 7.95. The number of aliphatic hydroxyl groups excluding tert-OH is 1. The molecule has 0 radical (unpaired) electrons. The molecular weight excluding hydrogens is 585 g/mol. The third-order valence-corrected chi connectivity index (χ3v) is 8.27. The lowest BCUT2D eigenvalue weighted by Crippen LogP contribution is -2.37. The zero-order chi connectivity index (χ0) is 25.1. The van der Waals surface area contributed by atoms with E-state index in [0.29, 0.717) is 12.2 Å². The summed E-state index contributed by atoms with van der Waals surface area (Å²) in [5.41, 5.74) is 6.97. The van der Waals surface area contributed by atoms with E-state index in [1.807, 2.05) is 30.5 Å². The Morgan fingerprint density at radius 3 is 2.58 bits per heavy atom. The maximum Gasteiger partial charge on any atom is 0.338 e. The molecule has 186 valence electrons. The number of hydrogen-bond donors (Lipinski definition) is 1. The molecule has 0 amide bonds. The first-order valence-corrected chi connectivity index (χ1v) is 15.4. The number of likely N-dealkylation sites (tertiary alicyclic amines) is 1. The topological polar surface area (TPSA) is 67.6 Å². The molecule has 0 aliphatic carbocycles. The fraction of sp³-hybridized carbons (Fsp3) is 0.286. The Morgan fingerprint density at radius 2 is 1.89 bits per heavy atom. The van der Waals surface area contributed by atoms with Gasteiger partial charge in [-0.25, -0.2) is 9.78 Å². The van der Waals surface area contributed by atoms with Gasteiger partial charge in [-0.15, -0.1) is 0 Å². The van der Waals surface area contributed by atoms with Crippen LogP contribution in [-0.4, -0.2) is 50.7 Å². The number of esters is 1. The van der Waals surface area contributed by atoms with E-state index >= 15 is 0 Å². The lowest BCUT2D eigenvalue weighted by Gasteiger charge is -2.29. The van der Waals surface area contributed by atoms with Crippen LogP contribution >= 0.6 is 30.3 Å². The van der Waals surface area contributed by atoms with Gasteiger partial charge in [0.05, 0.1) is 18.3 Å². The van der Waals surface area contributed by atoms with E-state index < -0.39 is 0 Å². The second-order valence-corrected chi connectivity index (χ2v) is 10.8. The number of pyridine rings is 1. The number of rotatable bonds is 7. The predicted octanol–water partition coefficient (Wildman–Crippen LogP) is 6.35. The molecule has 4 aromatic rings. The van der Waals surface area contributed by atoms with Crippen molar-refractivity contribution >= 4 is 47.3 Å². The summed E-state index contributed by atoms with van der Waals surface area (Å²) in [7, 11) is 1.58. The van der Waals surface area contributed by atoms with Crippen molar-refractivity contribution < 1.29 is 14.6 Å². The minimum atomic E-state index is -0.307. The van der Waals surface area contributed by atoms with Gasteiger partial charge in [-0.2, -0.15) is 0 Å². The Balaban J connectivity index is 1.43. The molecule has 2 aromatic carbocycles. The molecule has 1 aliphatic heterocycles. The number of halogens is 1. The van der Waals surface area contributed by atoms with Crippen molar-refractivity contribution in [1.82, 2.24) is 13.9 Å². The quantitative estimate of drug-likeness (QED) is 0.194. The van der Waals surface area contributed by atoms with Crippen LogP contribution in [0.2, 0.25) is 0 Å². The van der Waals surface area contributed by atoms with Crippen molar-refractivity contribution in [2.75, 3.05) is 19.7 Å². The van der Waals surface area contributed by atoms with Crippen molar-refractivity contribution in [1.29, 1.82) is 0 Å². The third-order valence-electron chi connectivity index (χ3n) is 6.57. The van der Waals surface area contributed by atoms with Gasteiger partial charge in [0.1, 0.15) is 0 Å². The van der Waals surface area contributed by atoms with Gasteiger partial charge in [0.2, 0.25) is 0 Å². The summed E-state index contributed by atoms with van der Waals surface area (Å²) in [5.74, 6) is -0.307. The van der Waals surface area contributed by atoms with E-state index in [0.717, 1.165) is 65.8 Å². The maximum atomic E-state index is 12.1. The van der Waals surface area contributed by atoms with Crippen molar-refractivity contribution in [2.45, 2.75) is 32.4 Å². The first-order valence-electron chi connectivity index (χ1n) is 12.1. The van der Waals surface area contributed by atoms with Crippen LogP contribution in [0.3, 0.4) is 0 Å². The number of benzene rings is 2. The number of aromatic nitrogens is 2. The highest BCUT2D eigenvalue weighted by atomic mass is 127. The molecule has 1 N–H and O–H groups in total. The maximum absolute atomic E-state index is 12.1. The van der Waals surface area contributed by atoms with Gasteiger partial charge >= 0.3 is 5.97 Å². The second kappa shape index (κ2) is 11.3. The fourth-order valence-corrected chi connectivity index (χ4v) is 6.01. The lowest BCUT2D eigenvalue weighted by atomic mass is 10.0. The van der Waals surface area contributed by atoms with Gasteiger partial charge < -0.3 is 9.84 Å². The molecule has 0 bridgehead atoms. The van der Waals surface area contributed by atoms with Crippen LogP contribution in [0, 0.1) is 0 Å². The first kappa shape index (κ1) is 25.3. The molecule has 2 aromatic heterocycles. The van der Waals surface area contributed by atoms with Gasteiger partial charge in [-0.05, 0) is 61.2 Å². The van der Waals surface area contributed by atoms with E-state index in [1.165, 1.54) is 5.56 Å². The van der Waals surface area contributed by atoms with Crippen molar-refractivity contribution in [3.8, 4) is 22.3 Å². The summed E-state index contributed by atoms with van der Waals surface area (Å²) in [5, 5.41) is 11.0. The van der Waals surface area contributed by atoms with Crippen LogP contribution in [0.1, 0.15) is 35.7 Å². The van der Waals surface area contributed by atoms with Crippen LogP contribution < -0.4 is 0 Å². The largest absolute Gasteiger partial charge is 0.462 e. The molecule has 3 heterocycles. The monoisotopic (exact) mass is 613 g/mol. The zero-order valence-corrected chi connectivity index (χ0v) is 23.0. The van der Waals surface area contributed by atoms with E-state index in [9.17, 15) is 9.90 Å². The number of β-amino-alcohol motifs (C(OH)–C–C–N with tert-alkyl or cyclic N) is 1. The molecule has 1 atom stereocenters. The Labute approximate surface area is 227 Å². The van der Waals surface area contributed by atoms with Crippen LogP contribution in [0.15, 0.2) is 67.0 Å². The van der Waals surface area contributed by atoms with Gasteiger partial charge in [0.15, 0.2) is 5.65 Å². The number of ether oxygens (including phenoxy) is 1. The number of piperidine rings is 1. The van der Waals surface area contributed by atoms with Crippen molar-refractivity contribution in [3.05, 3.63) is 78.1 Å². The average molecular weight is 614 g/mol. The summed E-state index contributed by atoms with van der Waals surface area (Å²) in [6.07, 6.45) is 5.76. The number of carbonyl (C=O) groups excluding carboxylic acids is 1. The molecule has 1 saturated heterocycles. The molecule has 8 heteroatoms. The number of fused-ring (bicyclic) bond motifs is 1. The summed E-state index contributed by atoms with van der Waals surface area (Å²) in [6, 6.07) is 18.4. The van der Waals surface area contributed by atoms with Gasteiger partial charge in [0.25, 0.3) is 0 Å². The van der Waals surface area contributed by atoms with Gasteiger partial charge in [-0.3, -0.25) is 8.87 Å². The molecule has 0 saturated carbocycles. The summed E-state index contributed by atoms with van der Waals surface area (Å²) in [6.45, 7) is 4.81. The highest BCUT2D eigenvalue weighted by molar-refractivity contribution is 14.2. The minimum Gasteiger partial charge on any atom is -0.462 e. The number of carbonyl (C=O) groups is 1. The summed E-state index contributed by atoms with van der Waals surface area (Å²) >= 11 is 2.26. The lowest BCUT2D eigenvalue weighted by molar-refractivity contribution is 0.0526. The van der Waals surface area contributed by atoms with Crippen LogP contribution in [0.5, 0.6) is 0 Å². The van der Waals surface area contributed by atoms with Crippen molar-refractivity contribution in [2.24, 2.45) is 0 Å². The summed E-state index contributed by atoms with van der Waals surface area (Å²) in [4.78, 5) is 19.2. The van der Waals surface area contributed by atoms with Gasteiger partial charge in [0, 0.05) is 72.3 Å². The Hall–Kier alpha value is -2.40. The van der Waals surface area contributed by atoms with E-state index in [1.54, 1.807) is 16.0 Å². The molecule has 0 spiro atoms. The Bertz CT molecular complexity index is 1360. The smallest absolute Gasteiger partial charge is 0.338 e. The van der Waals surface area contributed by atoms with Gasteiger partial charge in [-0.1, -0.05) is 36.4 Å². The van der Waals surface area contributed by atoms with E-state index in [-0.39, 0.29) is 12.1 Å². The van der Waals surface area contributed by atoms with Crippen LogP contribution in [0.25, 0.3) is 33.3 Å². The number of aliphatic hydroxyl groups is 1. The third kappa shape index (κ3) is 5.46. The highest BCUT2D eigenvalue weighted by Crippen LogP contribution is 2.36. The van der Waals surface area contributed by atoms with E-state index in [2.05, 4.69) is 66.6 Å². The summed E-state index contributed by atoms with van der Waals surface area (Å²) < 4.78 is 7.17. The molecule has 1 unspecified atom stereocenters. The van der Waals surface area contributed by atoms with Crippen LogP contribution in [0.4, 0.5) is 0 Å². The van der Waals surface area contributed by atoms with Crippen LogP contribution in [-0.2, 0) is 11.3 Å². The molecule has 1 aliphatic rings. The molecule has 5 rings (SSSR count). The highest BCUT2D eigenvalue weighted by Gasteiger charge is 2.18. The molecule has 36 heavy (non-hydrogen) atoms. The molecule has 1 fully saturated rings. The SMILES string of the molecule is CCOC(=O)c1ccc(-c2cn(SI)c3ncc(-c4ccc(CN5CCCC(O)C5)cc4)cc23)cc1. The fourth-order valence-electron chi connectivity index (χ4n) is 4.76. The zero-order valence-electron chi connectivity index (χ0n) is 20.1. The predicted molar refractivity (Wildman–Crippen MR) is 154 cm³/mol. The molecule has 6 nitrogen and oxygen atoms in total. The first-order chi connectivity index (χ1) is 17.6. The standard InChI is InChI=1S/C28H28IN3O3S/c1-2-35-28(34)22-11-9-21(10-12-22)26-18-32(36-29)27-25(26)14-23(15-30-27)20-7-5-19(6-8-20)16-31-13-3-4-24(33)17-31/h5-12,14-15,18,24,33H,2-4,13,16-17H2,1H3. The average Bonchev–Trinajstić information content (AvgIpc) is 3.27. The van der Waals surface area contributed by atoms with Crippen molar-refractivity contribution in [3.63, 3.8) is 0 Å². The second-order valence-electron chi connectivity index (χ2n) is 9.06. The Morgan fingerprint density at radius 1 is 1.14 bits per heavy atom. The molecular formula is C28H28IN3O3S.